The van der Waals surface area contributed by atoms with Crippen molar-refractivity contribution >= 4 is 45.0 Å². The standard InChI is InChI=1S/C24H26N6O3/c1-15-7-5-8-16-21(25)17-9-6-10-18(23(17)27-22(15)16)24(31)26-13-14-30(3,4)20-12-11-19(28(20)2)29(32)33/h5-12H,13-14H2,1-4H3,(H2-,25,26,27,31)/p+1. The van der Waals surface area contributed by atoms with Crippen LogP contribution < -0.4 is 15.5 Å². The highest BCUT2D eigenvalue weighted by Gasteiger charge is 2.29. The van der Waals surface area contributed by atoms with Crippen molar-refractivity contribution in [1.29, 1.82) is 0 Å². The highest BCUT2D eigenvalue weighted by atomic mass is 16.6. The number of fused-ring (bicyclic) bond motifs is 2. The molecule has 0 aliphatic rings. The molecule has 9 nitrogen and oxygen atoms in total. The van der Waals surface area contributed by atoms with Crippen molar-refractivity contribution < 1.29 is 9.72 Å². The fourth-order valence-corrected chi connectivity index (χ4v) is 4.29. The molecule has 0 saturated heterocycles. The largest absolute Gasteiger partial charge is 0.398 e. The van der Waals surface area contributed by atoms with Crippen LogP contribution >= 0.6 is 0 Å². The topological polar surface area (TPSA) is 116 Å². The van der Waals surface area contributed by atoms with E-state index in [1.165, 1.54) is 6.07 Å². The highest BCUT2D eigenvalue weighted by Crippen LogP contribution is 2.31. The second-order valence-corrected chi connectivity index (χ2v) is 8.73. The molecule has 170 valence electrons. The van der Waals surface area contributed by atoms with E-state index in [4.69, 9.17) is 10.7 Å². The van der Waals surface area contributed by atoms with Crippen molar-refractivity contribution in [3.8, 4) is 0 Å². The summed E-state index contributed by atoms with van der Waals surface area (Å²) in [5.41, 5.74) is 9.84. The zero-order chi connectivity index (χ0) is 23.9. The van der Waals surface area contributed by atoms with Crippen molar-refractivity contribution in [2.45, 2.75) is 6.92 Å². The Morgan fingerprint density at radius 3 is 2.45 bits per heavy atom. The average molecular weight is 448 g/mol. The Balaban J connectivity index is 1.58. The number of carbonyl (C=O) groups is 1. The Hall–Kier alpha value is -3.98. The summed E-state index contributed by atoms with van der Waals surface area (Å²) in [6.07, 6.45) is 0. The van der Waals surface area contributed by atoms with Gasteiger partial charge in [-0.2, -0.15) is 4.57 Å². The number of nitrogen functional groups attached to an aromatic ring is 1. The lowest BCUT2D eigenvalue weighted by atomic mass is 10.0. The van der Waals surface area contributed by atoms with Crippen molar-refractivity contribution in [2.24, 2.45) is 7.05 Å². The fraction of sp³-hybridized carbons (Fsp3) is 0.250. The second kappa shape index (κ2) is 8.18. The molecule has 0 fully saturated rings. The van der Waals surface area contributed by atoms with E-state index in [9.17, 15) is 14.9 Å². The lowest BCUT2D eigenvalue weighted by Crippen LogP contribution is -2.47. The number of aryl methyl sites for hydroxylation is 1. The van der Waals surface area contributed by atoms with E-state index >= 15 is 0 Å². The first-order valence-electron chi connectivity index (χ1n) is 10.6. The molecule has 0 atom stereocenters. The number of anilines is 1. The number of hydrogen-bond acceptors (Lipinski definition) is 5. The third-order valence-corrected chi connectivity index (χ3v) is 6.15. The number of rotatable bonds is 6. The van der Waals surface area contributed by atoms with Crippen LogP contribution in [-0.2, 0) is 7.05 Å². The zero-order valence-corrected chi connectivity index (χ0v) is 19.1. The molecule has 3 N–H and O–H groups in total. The molecule has 0 aliphatic heterocycles. The molecule has 0 radical (unpaired) electrons. The summed E-state index contributed by atoms with van der Waals surface area (Å²) in [6.45, 7) is 2.89. The third-order valence-electron chi connectivity index (χ3n) is 6.15. The summed E-state index contributed by atoms with van der Waals surface area (Å²) in [7, 11) is 5.56. The summed E-state index contributed by atoms with van der Waals surface area (Å²) in [4.78, 5) is 28.6. The van der Waals surface area contributed by atoms with Crippen LogP contribution in [0.5, 0.6) is 0 Å². The van der Waals surface area contributed by atoms with Crippen LogP contribution in [0.2, 0.25) is 0 Å². The minimum Gasteiger partial charge on any atom is -0.398 e. The first-order chi connectivity index (χ1) is 15.6. The average Bonchev–Trinajstić information content (AvgIpc) is 3.17. The lowest BCUT2D eigenvalue weighted by Gasteiger charge is -2.26. The number of hydrogen-bond donors (Lipinski definition) is 2. The van der Waals surface area contributed by atoms with Gasteiger partial charge in [0, 0.05) is 16.8 Å². The number of aromatic nitrogens is 2. The summed E-state index contributed by atoms with van der Waals surface area (Å²) in [5.74, 6) is 0.568. The fourth-order valence-electron chi connectivity index (χ4n) is 4.29. The van der Waals surface area contributed by atoms with Crippen LogP contribution in [0.15, 0.2) is 48.5 Å². The Morgan fingerprint density at radius 1 is 1.12 bits per heavy atom. The lowest BCUT2D eigenvalue weighted by molar-refractivity contribution is -0.391. The van der Waals surface area contributed by atoms with Gasteiger partial charge in [-0.3, -0.25) is 9.28 Å². The molecule has 1 amide bonds. The molecule has 0 saturated carbocycles. The molecule has 9 heteroatoms. The summed E-state index contributed by atoms with van der Waals surface area (Å²) in [5, 5.41) is 15.7. The van der Waals surface area contributed by atoms with E-state index in [2.05, 4.69) is 5.32 Å². The van der Waals surface area contributed by atoms with Gasteiger partial charge in [0.2, 0.25) is 0 Å². The zero-order valence-electron chi connectivity index (χ0n) is 19.1. The molecule has 2 aromatic carbocycles. The number of carbonyl (C=O) groups excluding carboxylic acids is 1. The number of para-hydroxylation sites is 2. The number of nitrogens with two attached hydrogens (primary N) is 1. The van der Waals surface area contributed by atoms with Crippen LogP contribution in [0.1, 0.15) is 15.9 Å². The molecule has 2 aromatic heterocycles. The minimum atomic E-state index is -0.407. The van der Waals surface area contributed by atoms with Crippen LogP contribution in [0, 0.1) is 17.0 Å². The number of amides is 1. The third kappa shape index (κ3) is 3.87. The SMILES string of the molecule is Cc1cccc2c(N)c3cccc(C(=O)NCC[N+](C)(C)c4ccc([N+](=O)[O-])n4C)c3nc12. The molecular weight excluding hydrogens is 420 g/mol. The van der Waals surface area contributed by atoms with E-state index in [1.807, 2.05) is 45.3 Å². The van der Waals surface area contributed by atoms with E-state index in [-0.39, 0.29) is 11.7 Å². The minimum absolute atomic E-state index is 0.0298. The maximum absolute atomic E-state index is 13.1. The number of nitrogens with one attached hydrogen (secondary N) is 1. The van der Waals surface area contributed by atoms with Gasteiger partial charge in [-0.25, -0.2) is 4.98 Å². The predicted octanol–water partition coefficient (Wildman–Crippen LogP) is 3.52. The highest BCUT2D eigenvalue weighted by molar-refractivity contribution is 6.13. The van der Waals surface area contributed by atoms with Crippen molar-refractivity contribution in [1.82, 2.24) is 19.4 Å². The molecule has 4 aromatic rings. The van der Waals surface area contributed by atoms with Crippen LogP contribution in [0.3, 0.4) is 0 Å². The maximum Gasteiger partial charge on any atom is 0.327 e. The normalized spacial score (nSPS) is 11.8. The van der Waals surface area contributed by atoms with Gasteiger partial charge in [0.25, 0.3) is 11.7 Å². The van der Waals surface area contributed by atoms with E-state index in [0.717, 1.165) is 27.7 Å². The summed E-state index contributed by atoms with van der Waals surface area (Å²) < 4.78 is 1.93. The monoisotopic (exact) mass is 447 g/mol. The number of quaternary nitrogens is 1. The maximum atomic E-state index is 13.1. The van der Waals surface area contributed by atoms with E-state index < -0.39 is 4.92 Å². The van der Waals surface area contributed by atoms with E-state index in [1.54, 1.807) is 29.8 Å². The molecule has 0 aliphatic carbocycles. The summed E-state index contributed by atoms with van der Waals surface area (Å²) >= 11 is 0. The van der Waals surface area contributed by atoms with Gasteiger partial charge in [-0.15, -0.1) is 0 Å². The van der Waals surface area contributed by atoms with Gasteiger partial charge in [0.1, 0.15) is 6.54 Å². The Bertz CT molecular complexity index is 1410. The quantitative estimate of drug-likeness (QED) is 0.203. The van der Waals surface area contributed by atoms with Gasteiger partial charge in [0.15, 0.2) is 0 Å². The molecular formula is C24H27N6O3+. The molecule has 4 rings (SSSR count). The number of pyridine rings is 1. The number of benzene rings is 2. The Morgan fingerprint density at radius 2 is 1.79 bits per heavy atom. The molecule has 0 bridgehead atoms. The van der Waals surface area contributed by atoms with E-state index in [0.29, 0.717) is 34.3 Å². The predicted molar refractivity (Wildman–Crippen MR) is 131 cm³/mol. The van der Waals surface area contributed by atoms with Crippen LogP contribution in [-0.4, -0.2) is 47.6 Å². The van der Waals surface area contributed by atoms with Gasteiger partial charge < -0.3 is 21.2 Å². The summed E-state index contributed by atoms with van der Waals surface area (Å²) in [6, 6.07) is 14.5. The van der Waals surface area contributed by atoms with Crippen molar-refractivity contribution in [3.63, 3.8) is 0 Å². The molecule has 0 spiro atoms. The van der Waals surface area contributed by atoms with Crippen molar-refractivity contribution in [3.05, 3.63) is 69.8 Å². The Labute approximate surface area is 191 Å². The first-order valence-corrected chi connectivity index (χ1v) is 10.6. The molecule has 2 heterocycles. The Kier molecular flexibility index (Phi) is 5.51. The van der Waals surface area contributed by atoms with Crippen LogP contribution in [0.4, 0.5) is 17.3 Å². The van der Waals surface area contributed by atoms with Gasteiger partial charge in [-0.1, -0.05) is 30.3 Å². The first kappa shape index (κ1) is 22.2. The van der Waals surface area contributed by atoms with Gasteiger partial charge in [-0.05, 0) is 23.5 Å². The van der Waals surface area contributed by atoms with Crippen LogP contribution in [0.25, 0.3) is 21.8 Å². The smallest absolute Gasteiger partial charge is 0.327 e. The van der Waals surface area contributed by atoms with Crippen molar-refractivity contribution in [2.75, 3.05) is 32.9 Å². The number of nitrogens with zero attached hydrogens (tertiary/aromatic N) is 4. The second-order valence-electron chi connectivity index (χ2n) is 8.73. The number of nitro groups is 1. The van der Waals surface area contributed by atoms with Gasteiger partial charge >= 0.3 is 5.82 Å². The molecule has 0 unspecified atom stereocenters. The molecule has 33 heavy (non-hydrogen) atoms. The number of likely N-dealkylation sites (N-methyl/N-ethyl adjacent to an activating group) is 1. The van der Waals surface area contributed by atoms with Gasteiger partial charge in [0.05, 0.1) is 56.0 Å².